The molecule has 0 bridgehead atoms. The average Bonchev–Trinajstić information content (AvgIpc) is 3.10. The highest BCUT2D eigenvalue weighted by atomic mass is 16.5. The van der Waals surface area contributed by atoms with E-state index in [1.807, 2.05) is 36.3 Å². The molecule has 0 spiro atoms. The highest BCUT2D eigenvalue weighted by Crippen LogP contribution is 2.25. The summed E-state index contributed by atoms with van der Waals surface area (Å²) in [7, 11) is 1.93. The predicted molar refractivity (Wildman–Crippen MR) is 79.9 cm³/mol. The normalized spacial score (nSPS) is 15.4. The third-order valence-electron chi connectivity index (χ3n) is 3.71. The van der Waals surface area contributed by atoms with Crippen molar-refractivity contribution >= 4 is 5.69 Å². The molecule has 1 fully saturated rings. The first-order valence-corrected chi connectivity index (χ1v) is 7.28. The van der Waals surface area contributed by atoms with Gasteiger partial charge in [0.05, 0.1) is 12.3 Å². The molecule has 3 rings (SSSR count). The van der Waals surface area contributed by atoms with Gasteiger partial charge in [0.15, 0.2) is 0 Å². The molecule has 4 nitrogen and oxygen atoms in total. The SMILES string of the molecule is Cn1cc(CNc2ccc(OC3CCCC3)cc2)cn1. The Labute approximate surface area is 119 Å². The van der Waals surface area contributed by atoms with Gasteiger partial charge in [0.2, 0.25) is 0 Å². The number of hydrogen-bond acceptors (Lipinski definition) is 3. The Morgan fingerprint density at radius 1 is 1.25 bits per heavy atom. The summed E-state index contributed by atoms with van der Waals surface area (Å²) in [5.41, 5.74) is 2.28. The Morgan fingerprint density at radius 2 is 2.00 bits per heavy atom. The molecule has 0 aliphatic heterocycles. The molecule has 1 aromatic heterocycles. The lowest BCUT2D eigenvalue weighted by Crippen LogP contribution is -2.10. The quantitative estimate of drug-likeness (QED) is 0.906. The minimum absolute atomic E-state index is 0.421. The number of aromatic nitrogens is 2. The van der Waals surface area contributed by atoms with E-state index in [0.29, 0.717) is 6.10 Å². The van der Waals surface area contributed by atoms with Gasteiger partial charge < -0.3 is 10.1 Å². The maximum absolute atomic E-state index is 5.96. The Morgan fingerprint density at radius 3 is 2.65 bits per heavy atom. The van der Waals surface area contributed by atoms with Crippen molar-refractivity contribution in [2.24, 2.45) is 7.05 Å². The Hall–Kier alpha value is -1.97. The first-order valence-electron chi connectivity index (χ1n) is 7.28. The van der Waals surface area contributed by atoms with Crippen LogP contribution in [0.1, 0.15) is 31.2 Å². The Balaban J connectivity index is 1.52. The van der Waals surface area contributed by atoms with E-state index in [4.69, 9.17) is 4.74 Å². The van der Waals surface area contributed by atoms with Crippen LogP contribution in [0.25, 0.3) is 0 Å². The lowest BCUT2D eigenvalue weighted by molar-refractivity contribution is 0.210. The van der Waals surface area contributed by atoms with Crippen LogP contribution in [-0.2, 0) is 13.6 Å². The summed E-state index contributed by atoms with van der Waals surface area (Å²) in [5.74, 6) is 0.976. The standard InChI is InChI=1S/C16H21N3O/c1-19-12-13(11-18-19)10-17-14-6-8-16(9-7-14)20-15-4-2-3-5-15/h6-9,11-12,15,17H,2-5,10H2,1H3. The van der Waals surface area contributed by atoms with Crippen molar-refractivity contribution < 1.29 is 4.74 Å². The molecular formula is C16H21N3O. The van der Waals surface area contributed by atoms with E-state index < -0.39 is 0 Å². The number of hydrogen-bond donors (Lipinski definition) is 1. The van der Waals surface area contributed by atoms with E-state index in [1.165, 1.54) is 31.2 Å². The number of aryl methyl sites for hydroxylation is 1. The fourth-order valence-corrected chi connectivity index (χ4v) is 2.62. The molecule has 0 radical (unpaired) electrons. The predicted octanol–water partition coefficient (Wildman–Crippen LogP) is 3.35. The molecule has 1 N–H and O–H groups in total. The van der Waals surface area contributed by atoms with Crippen LogP contribution in [-0.4, -0.2) is 15.9 Å². The van der Waals surface area contributed by atoms with Crippen molar-refractivity contribution in [2.75, 3.05) is 5.32 Å². The lowest BCUT2D eigenvalue weighted by Gasteiger charge is -2.13. The lowest BCUT2D eigenvalue weighted by atomic mass is 10.2. The summed E-state index contributed by atoms with van der Waals surface area (Å²) < 4.78 is 7.77. The van der Waals surface area contributed by atoms with Crippen molar-refractivity contribution in [3.63, 3.8) is 0 Å². The molecule has 0 saturated heterocycles. The van der Waals surface area contributed by atoms with E-state index in [-0.39, 0.29) is 0 Å². The van der Waals surface area contributed by atoms with Crippen LogP contribution in [0.2, 0.25) is 0 Å². The monoisotopic (exact) mass is 271 g/mol. The average molecular weight is 271 g/mol. The Kier molecular flexibility index (Phi) is 3.90. The van der Waals surface area contributed by atoms with Gasteiger partial charge in [-0.05, 0) is 49.9 Å². The molecule has 0 atom stereocenters. The van der Waals surface area contributed by atoms with Crippen LogP contribution in [0.15, 0.2) is 36.7 Å². The highest BCUT2D eigenvalue weighted by molar-refractivity contribution is 5.46. The summed E-state index contributed by atoms with van der Waals surface area (Å²) in [6.07, 6.45) is 9.31. The van der Waals surface area contributed by atoms with E-state index in [0.717, 1.165) is 18.0 Å². The van der Waals surface area contributed by atoms with Crippen LogP contribution in [0.4, 0.5) is 5.69 Å². The molecule has 2 aromatic rings. The van der Waals surface area contributed by atoms with Crippen LogP contribution >= 0.6 is 0 Å². The number of rotatable bonds is 5. The first-order chi connectivity index (χ1) is 9.79. The van der Waals surface area contributed by atoms with Crippen LogP contribution in [0.5, 0.6) is 5.75 Å². The molecule has 1 aliphatic carbocycles. The van der Waals surface area contributed by atoms with Gasteiger partial charge in [0.1, 0.15) is 5.75 Å². The molecule has 106 valence electrons. The molecule has 1 aromatic carbocycles. The largest absolute Gasteiger partial charge is 0.490 e. The minimum atomic E-state index is 0.421. The maximum atomic E-state index is 5.96. The van der Waals surface area contributed by atoms with E-state index in [9.17, 15) is 0 Å². The van der Waals surface area contributed by atoms with Gasteiger partial charge in [-0.2, -0.15) is 5.10 Å². The summed E-state index contributed by atoms with van der Waals surface area (Å²) >= 11 is 0. The Bertz CT molecular complexity index is 541. The van der Waals surface area contributed by atoms with Crippen molar-refractivity contribution in [1.82, 2.24) is 9.78 Å². The van der Waals surface area contributed by atoms with Crippen LogP contribution in [0.3, 0.4) is 0 Å². The van der Waals surface area contributed by atoms with E-state index in [2.05, 4.69) is 22.5 Å². The van der Waals surface area contributed by atoms with Crippen LogP contribution in [0, 0.1) is 0 Å². The van der Waals surface area contributed by atoms with Gasteiger partial charge in [-0.1, -0.05) is 0 Å². The van der Waals surface area contributed by atoms with Crippen molar-refractivity contribution in [3.8, 4) is 5.75 Å². The zero-order chi connectivity index (χ0) is 13.8. The second kappa shape index (κ2) is 5.99. The number of benzene rings is 1. The van der Waals surface area contributed by atoms with Gasteiger partial charge in [-0.15, -0.1) is 0 Å². The number of anilines is 1. The summed E-state index contributed by atoms with van der Waals surface area (Å²) in [4.78, 5) is 0. The van der Waals surface area contributed by atoms with Crippen molar-refractivity contribution in [2.45, 2.75) is 38.3 Å². The summed E-state index contributed by atoms with van der Waals surface area (Å²) in [5, 5.41) is 7.54. The number of nitrogens with one attached hydrogen (secondary N) is 1. The zero-order valence-electron chi connectivity index (χ0n) is 11.9. The van der Waals surface area contributed by atoms with Gasteiger partial charge in [-0.3, -0.25) is 4.68 Å². The van der Waals surface area contributed by atoms with Gasteiger partial charge in [-0.25, -0.2) is 0 Å². The molecule has 1 saturated carbocycles. The van der Waals surface area contributed by atoms with Crippen molar-refractivity contribution in [1.29, 1.82) is 0 Å². The smallest absolute Gasteiger partial charge is 0.119 e. The molecule has 0 amide bonds. The molecule has 1 heterocycles. The van der Waals surface area contributed by atoms with E-state index >= 15 is 0 Å². The fourth-order valence-electron chi connectivity index (χ4n) is 2.62. The summed E-state index contributed by atoms with van der Waals surface area (Å²) in [6, 6.07) is 8.23. The van der Waals surface area contributed by atoms with Gasteiger partial charge in [0.25, 0.3) is 0 Å². The molecular weight excluding hydrogens is 250 g/mol. The van der Waals surface area contributed by atoms with Gasteiger partial charge in [0, 0.05) is 31.0 Å². The van der Waals surface area contributed by atoms with Crippen LogP contribution < -0.4 is 10.1 Å². The number of ether oxygens (including phenoxy) is 1. The third-order valence-corrected chi connectivity index (χ3v) is 3.71. The molecule has 0 unspecified atom stereocenters. The molecule has 20 heavy (non-hydrogen) atoms. The summed E-state index contributed by atoms with van der Waals surface area (Å²) in [6.45, 7) is 0.788. The second-order valence-electron chi connectivity index (χ2n) is 5.42. The van der Waals surface area contributed by atoms with E-state index in [1.54, 1.807) is 0 Å². The molecule has 4 heteroatoms. The first kappa shape index (κ1) is 13.0. The fraction of sp³-hybridized carbons (Fsp3) is 0.438. The topological polar surface area (TPSA) is 39.1 Å². The van der Waals surface area contributed by atoms with Gasteiger partial charge >= 0.3 is 0 Å². The molecule has 1 aliphatic rings. The maximum Gasteiger partial charge on any atom is 0.119 e. The highest BCUT2D eigenvalue weighted by Gasteiger charge is 2.16. The van der Waals surface area contributed by atoms with Crippen molar-refractivity contribution in [3.05, 3.63) is 42.2 Å². The minimum Gasteiger partial charge on any atom is -0.490 e. The number of nitrogens with zero attached hydrogens (tertiary/aromatic N) is 2. The zero-order valence-corrected chi connectivity index (χ0v) is 11.9. The third kappa shape index (κ3) is 3.32. The second-order valence-corrected chi connectivity index (χ2v) is 5.42.